The number of hydrogen-bond donors (Lipinski definition) is 0. The van der Waals surface area contributed by atoms with Gasteiger partial charge in [0.15, 0.2) is 14.6 Å². The van der Waals surface area contributed by atoms with Crippen LogP contribution in [0.15, 0.2) is 53.5 Å². The molecule has 0 aliphatic heterocycles. The van der Waals surface area contributed by atoms with Crippen LogP contribution >= 0.6 is 11.3 Å². The van der Waals surface area contributed by atoms with E-state index in [1.807, 2.05) is 0 Å². The summed E-state index contributed by atoms with van der Waals surface area (Å²) in [6.45, 7) is -0.245. The summed E-state index contributed by atoms with van der Waals surface area (Å²) in [5, 5.41) is 0. The lowest BCUT2D eigenvalue weighted by Gasteiger charge is -2.04. The van der Waals surface area contributed by atoms with Gasteiger partial charge >= 0.3 is 5.97 Å². The van der Waals surface area contributed by atoms with Gasteiger partial charge in [-0.15, -0.1) is 0 Å². The maximum absolute atomic E-state index is 13.5. The van der Waals surface area contributed by atoms with Crippen molar-refractivity contribution in [1.82, 2.24) is 4.57 Å². The van der Waals surface area contributed by atoms with Crippen LogP contribution in [-0.4, -0.2) is 37.7 Å². The lowest BCUT2D eigenvalue weighted by Crippen LogP contribution is -2.24. The third kappa shape index (κ3) is 5.36. The molecule has 0 aliphatic carbocycles. The van der Waals surface area contributed by atoms with Crippen molar-refractivity contribution >= 4 is 43.3 Å². The Balaban J connectivity index is 1.93. The maximum Gasteiger partial charge on any atom is 0.325 e. The Labute approximate surface area is 170 Å². The molecule has 152 valence electrons. The molecular formula is C19H17FN2O5S2. The van der Waals surface area contributed by atoms with E-state index in [1.165, 1.54) is 29.9 Å². The molecule has 29 heavy (non-hydrogen) atoms. The number of nitrogens with zero attached hydrogens (tertiary/aromatic N) is 2. The van der Waals surface area contributed by atoms with Gasteiger partial charge in [0.2, 0.25) is 0 Å². The van der Waals surface area contributed by atoms with Crippen LogP contribution in [0.25, 0.3) is 10.2 Å². The van der Waals surface area contributed by atoms with Crippen LogP contribution in [0.5, 0.6) is 0 Å². The van der Waals surface area contributed by atoms with E-state index in [9.17, 15) is 22.4 Å². The zero-order chi connectivity index (χ0) is 21.0. The molecular weight excluding hydrogens is 419 g/mol. The zero-order valence-electron chi connectivity index (χ0n) is 15.4. The van der Waals surface area contributed by atoms with Crippen LogP contribution in [-0.2, 0) is 36.5 Å². The lowest BCUT2D eigenvalue weighted by molar-refractivity contribution is -0.141. The second kappa shape index (κ2) is 8.66. The molecule has 0 atom stereocenters. The first kappa shape index (κ1) is 20.9. The van der Waals surface area contributed by atoms with E-state index in [-0.39, 0.29) is 17.1 Å². The molecule has 0 saturated heterocycles. The quantitative estimate of drug-likeness (QED) is 0.551. The molecule has 1 amide bonds. The smallest absolute Gasteiger partial charge is 0.325 e. The van der Waals surface area contributed by atoms with Crippen LogP contribution in [0.1, 0.15) is 5.56 Å². The second-order valence-corrected chi connectivity index (χ2v) is 9.26. The van der Waals surface area contributed by atoms with Crippen molar-refractivity contribution in [3.05, 3.63) is 64.7 Å². The van der Waals surface area contributed by atoms with Crippen LogP contribution in [0, 0.1) is 5.82 Å². The average molecular weight is 436 g/mol. The molecule has 0 saturated carbocycles. The summed E-state index contributed by atoms with van der Waals surface area (Å²) in [5.74, 6) is -2.99. The molecule has 0 fully saturated rings. The van der Waals surface area contributed by atoms with Gasteiger partial charge in [0.05, 0.1) is 23.1 Å². The number of thiazole rings is 1. The van der Waals surface area contributed by atoms with E-state index in [1.54, 1.807) is 30.3 Å². The van der Waals surface area contributed by atoms with E-state index in [0.717, 1.165) is 11.3 Å². The molecule has 0 aliphatic rings. The van der Waals surface area contributed by atoms with Crippen molar-refractivity contribution < 1.29 is 27.1 Å². The average Bonchev–Trinajstić information content (AvgIpc) is 2.97. The molecule has 0 radical (unpaired) electrons. The van der Waals surface area contributed by atoms with Gasteiger partial charge in [0.25, 0.3) is 5.91 Å². The van der Waals surface area contributed by atoms with Crippen molar-refractivity contribution in [3.63, 3.8) is 0 Å². The van der Waals surface area contributed by atoms with Crippen molar-refractivity contribution in [2.75, 3.05) is 12.9 Å². The molecule has 2 aromatic carbocycles. The third-order valence-corrected chi connectivity index (χ3v) is 6.45. The number of ether oxygens (including phenoxy) is 1. The standard InChI is InChI=1S/C19H17FN2O5S2/c1-27-18(24)10-22-15-8-7-14(20)9-16(15)28-19(22)21-17(23)12-29(25,26)11-13-5-3-2-4-6-13/h2-9H,10-12H2,1H3. The summed E-state index contributed by atoms with van der Waals surface area (Å²) < 4.78 is 44.7. The fraction of sp³-hybridized carbons (Fsp3) is 0.211. The number of methoxy groups -OCH3 is 1. The number of fused-ring (bicyclic) bond motifs is 1. The Morgan fingerprint density at radius 1 is 1.17 bits per heavy atom. The van der Waals surface area contributed by atoms with Gasteiger partial charge in [-0.1, -0.05) is 41.7 Å². The number of carbonyl (C=O) groups excluding carboxylic acids is 2. The van der Waals surface area contributed by atoms with E-state index in [0.29, 0.717) is 15.8 Å². The van der Waals surface area contributed by atoms with Gasteiger partial charge < -0.3 is 9.30 Å². The van der Waals surface area contributed by atoms with Crippen LogP contribution < -0.4 is 4.80 Å². The third-order valence-electron chi connectivity index (χ3n) is 3.95. The van der Waals surface area contributed by atoms with Gasteiger partial charge in [0, 0.05) is 0 Å². The summed E-state index contributed by atoms with van der Waals surface area (Å²) in [4.78, 5) is 28.0. The molecule has 0 unspecified atom stereocenters. The largest absolute Gasteiger partial charge is 0.468 e. The number of carbonyl (C=O) groups is 2. The lowest BCUT2D eigenvalue weighted by atomic mass is 10.2. The molecule has 3 aromatic rings. The summed E-state index contributed by atoms with van der Waals surface area (Å²) in [5.41, 5.74) is 1.05. The van der Waals surface area contributed by atoms with Gasteiger partial charge in [-0.3, -0.25) is 9.59 Å². The SMILES string of the molecule is COC(=O)Cn1c(=NC(=O)CS(=O)(=O)Cc2ccccc2)sc2cc(F)ccc21. The molecule has 0 N–H and O–H groups in total. The minimum absolute atomic E-state index is 0.0934. The summed E-state index contributed by atoms with van der Waals surface area (Å²) in [7, 11) is -2.51. The van der Waals surface area contributed by atoms with Crippen LogP contribution in [0.3, 0.4) is 0 Å². The van der Waals surface area contributed by atoms with Crippen molar-refractivity contribution in [1.29, 1.82) is 0 Å². The van der Waals surface area contributed by atoms with Crippen LogP contribution in [0.4, 0.5) is 4.39 Å². The highest BCUT2D eigenvalue weighted by molar-refractivity contribution is 7.91. The first-order valence-electron chi connectivity index (χ1n) is 8.45. The Bertz CT molecular complexity index is 1230. The molecule has 10 heteroatoms. The Hall–Kier alpha value is -2.85. The van der Waals surface area contributed by atoms with Gasteiger partial charge in [-0.25, -0.2) is 12.8 Å². The van der Waals surface area contributed by atoms with Gasteiger partial charge in [0.1, 0.15) is 18.1 Å². The molecule has 1 heterocycles. The molecule has 3 rings (SSSR count). The predicted octanol–water partition coefficient (Wildman–Crippen LogP) is 2.06. The van der Waals surface area contributed by atoms with Gasteiger partial charge in [-0.2, -0.15) is 4.99 Å². The zero-order valence-corrected chi connectivity index (χ0v) is 17.0. The van der Waals surface area contributed by atoms with Crippen molar-refractivity contribution in [2.45, 2.75) is 12.3 Å². The number of amides is 1. The van der Waals surface area contributed by atoms with E-state index < -0.39 is 33.3 Å². The topological polar surface area (TPSA) is 94.8 Å². The van der Waals surface area contributed by atoms with Crippen LogP contribution in [0.2, 0.25) is 0 Å². The number of aromatic nitrogens is 1. The number of hydrogen-bond acceptors (Lipinski definition) is 6. The van der Waals surface area contributed by atoms with Crippen molar-refractivity contribution in [2.24, 2.45) is 4.99 Å². The number of benzene rings is 2. The first-order valence-corrected chi connectivity index (χ1v) is 11.1. The maximum atomic E-state index is 13.5. The highest BCUT2D eigenvalue weighted by Gasteiger charge is 2.18. The molecule has 0 spiro atoms. The molecule has 7 nitrogen and oxygen atoms in total. The Morgan fingerprint density at radius 3 is 2.59 bits per heavy atom. The van der Waals surface area contributed by atoms with Gasteiger partial charge in [-0.05, 0) is 23.8 Å². The van der Waals surface area contributed by atoms with E-state index in [2.05, 4.69) is 9.73 Å². The summed E-state index contributed by atoms with van der Waals surface area (Å²) in [6.07, 6.45) is 0. The number of sulfone groups is 1. The van der Waals surface area contributed by atoms with Crippen molar-refractivity contribution in [3.8, 4) is 0 Å². The number of rotatable bonds is 6. The highest BCUT2D eigenvalue weighted by Crippen LogP contribution is 2.19. The molecule has 1 aromatic heterocycles. The number of esters is 1. The summed E-state index contributed by atoms with van der Waals surface area (Å²) >= 11 is 0.982. The summed E-state index contributed by atoms with van der Waals surface area (Å²) in [6, 6.07) is 12.4. The van der Waals surface area contributed by atoms with E-state index in [4.69, 9.17) is 0 Å². The van der Waals surface area contributed by atoms with E-state index >= 15 is 0 Å². The Morgan fingerprint density at radius 2 is 1.90 bits per heavy atom. The fourth-order valence-electron chi connectivity index (χ4n) is 2.69. The highest BCUT2D eigenvalue weighted by atomic mass is 32.2. The predicted molar refractivity (Wildman–Crippen MR) is 106 cm³/mol. The fourth-order valence-corrected chi connectivity index (χ4v) is 5.00. The normalized spacial score (nSPS) is 12.3. The number of halogens is 1. The second-order valence-electron chi connectivity index (χ2n) is 6.18. The molecule has 0 bridgehead atoms. The monoisotopic (exact) mass is 436 g/mol. The minimum Gasteiger partial charge on any atom is -0.468 e. The Kier molecular flexibility index (Phi) is 6.23. The minimum atomic E-state index is -3.73. The first-order chi connectivity index (χ1) is 13.8.